The molecule has 2 rings (SSSR count). The number of hydrogen-bond donors (Lipinski definition) is 2. The number of rotatable bonds is 7. The van der Waals surface area contributed by atoms with Crippen molar-refractivity contribution in [1.29, 1.82) is 0 Å². The molecule has 0 saturated carbocycles. The Balaban J connectivity index is 1.94. The van der Waals surface area contributed by atoms with Gasteiger partial charge in [0.1, 0.15) is 5.25 Å². The zero-order valence-corrected chi connectivity index (χ0v) is 15.6. The average molecular weight is 365 g/mol. The van der Waals surface area contributed by atoms with Crippen molar-refractivity contribution in [2.45, 2.75) is 25.5 Å². The first-order chi connectivity index (χ1) is 11.9. The topological polar surface area (TPSA) is 89.0 Å². The van der Waals surface area contributed by atoms with Gasteiger partial charge in [-0.1, -0.05) is 25.6 Å². The van der Waals surface area contributed by atoms with Crippen LogP contribution in [-0.4, -0.2) is 43.0 Å². The highest BCUT2D eigenvalue weighted by atomic mass is 32.2. The first-order valence-corrected chi connectivity index (χ1v) is 8.84. The van der Waals surface area contributed by atoms with Crippen LogP contribution in [0.15, 0.2) is 23.2 Å². The van der Waals surface area contributed by atoms with Gasteiger partial charge in [0.05, 0.1) is 14.2 Å². The van der Waals surface area contributed by atoms with Crippen LogP contribution in [0, 0.1) is 5.92 Å². The molecule has 1 saturated heterocycles. The van der Waals surface area contributed by atoms with Crippen LogP contribution in [0.1, 0.15) is 20.3 Å². The van der Waals surface area contributed by atoms with E-state index < -0.39 is 5.25 Å². The second-order valence-electron chi connectivity index (χ2n) is 5.96. The highest BCUT2D eigenvalue weighted by Crippen LogP contribution is 2.30. The summed E-state index contributed by atoms with van der Waals surface area (Å²) in [6.07, 6.45) is 0.0749. The lowest BCUT2D eigenvalue weighted by atomic mass is 10.2. The molecule has 0 aromatic heterocycles. The van der Waals surface area contributed by atoms with Crippen LogP contribution >= 0.6 is 11.8 Å². The molecule has 0 radical (unpaired) electrons. The normalized spacial score (nSPS) is 18.4. The third-order valence-electron chi connectivity index (χ3n) is 3.41. The Hall–Kier alpha value is -2.22. The SMILES string of the molecule is COc1ccc(NC(=O)C[C@@H]2SC(=NCC(C)C)NC2=O)cc1OC. The zero-order valence-electron chi connectivity index (χ0n) is 14.8. The summed E-state index contributed by atoms with van der Waals surface area (Å²) in [7, 11) is 3.07. The molecule has 0 unspecified atom stereocenters. The summed E-state index contributed by atoms with van der Waals surface area (Å²) in [5.74, 6) is 1.09. The Morgan fingerprint density at radius 2 is 2.04 bits per heavy atom. The van der Waals surface area contributed by atoms with E-state index in [1.807, 2.05) is 0 Å². The van der Waals surface area contributed by atoms with Crippen molar-refractivity contribution in [2.24, 2.45) is 10.9 Å². The molecule has 2 amide bonds. The summed E-state index contributed by atoms with van der Waals surface area (Å²) in [6.45, 7) is 4.76. The number of nitrogens with zero attached hydrogens (tertiary/aromatic N) is 1. The molecule has 1 fully saturated rings. The van der Waals surface area contributed by atoms with Gasteiger partial charge in [0.25, 0.3) is 0 Å². The fraction of sp³-hybridized carbons (Fsp3) is 0.471. The number of thioether (sulfide) groups is 1. The van der Waals surface area contributed by atoms with Crippen molar-refractivity contribution in [3.63, 3.8) is 0 Å². The highest BCUT2D eigenvalue weighted by Gasteiger charge is 2.32. The molecule has 0 bridgehead atoms. The van der Waals surface area contributed by atoms with Crippen LogP contribution in [0.2, 0.25) is 0 Å². The lowest BCUT2D eigenvalue weighted by Crippen LogP contribution is -2.28. The number of carbonyl (C=O) groups excluding carboxylic acids is 2. The number of hydrogen-bond acceptors (Lipinski definition) is 6. The fourth-order valence-electron chi connectivity index (χ4n) is 2.17. The van der Waals surface area contributed by atoms with Gasteiger partial charge in [0.15, 0.2) is 16.7 Å². The number of amidine groups is 1. The molecule has 1 aromatic carbocycles. The number of benzene rings is 1. The maximum Gasteiger partial charge on any atom is 0.240 e. The van der Waals surface area contributed by atoms with Gasteiger partial charge >= 0.3 is 0 Å². The number of amides is 2. The Kier molecular flexibility index (Phi) is 6.69. The van der Waals surface area contributed by atoms with E-state index in [1.165, 1.54) is 18.9 Å². The molecule has 8 heteroatoms. The van der Waals surface area contributed by atoms with E-state index in [-0.39, 0.29) is 18.2 Å². The van der Waals surface area contributed by atoms with Gasteiger partial charge in [0, 0.05) is 24.7 Å². The monoisotopic (exact) mass is 365 g/mol. The van der Waals surface area contributed by atoms with Crippen LogP contribution < -0.4 is 20.1 Å². The molecular weight excluding hydrogens is 342 g/mol. The molecule has 1 atom stereocenters. The molecule has 2 N–H and O–H groups in total. The van der Waals surface area contributed by atoms with E-state index in [0.29, 0.717) is 34.8 Å². The van der Waals surface area contributed by atoms with E-state index in [2.05, 4.69) is 29.5 Å². The minimum absolute atomic E-state index is 0.0749. The summed E-state index contributed by atoms with van der Waals surface area (Å²) in [4.78, 5) is 28.5. The second kappa shape index (κ2) is 8.75. The first kappa shape index (κ1) is 19.1. The number of aliphatic imine (C=N–C) groups is 1. The standard InChI is InChI=1S/C17H23N3O4S/c1-10(2)9-18-17-20-16(22)14(25-17)8-15(21)19-11-5-6-12(23-3)13(7-11)24-4/h5-7,10,14H,8-9H2,1-4H3,(H,19,21)(H,18,20,22)/t14-/m0/s1. The smallest absolute Gasteiger partial charge is 0.240 e. The molecule has 7 nitrogen and oxygen atoms in total. The van der Waals surface area contributed by atoms with Gasteiger partial charge in [-0.05, 0) is 18.1 Å². The molecular formula is C17H23N3O4S. The summed E-state index contributed by atoms with van der Waals surface area (Å²) in [5, 5.41) is 5.61. The summed E-state index contributed by atoms with van der Waals surface area (Å²) in [6, 6.07) is 5.10. The number of nitrogens with one attached hydrogen (secondary N) is 2. The van der Waals surface area contributed by atoms with E-state index in [9.17, 15) is 9.59 Å². The maximum absolute atomic E-state index is 12.2. The van der Waals surface area contributed by atoms with Crippen molar-refractivity contribution >= 4 is 34.4 Å². The molecule has 25 heavy (non-hydrogen) atoms. The van der Waals surface area contributed by atoms with E-state index in [1.54, 1.807) is 25.3 Å². The van der Waals surface area contributed by atoms with Gasteiger partial charge in [-0.3, -0.25) is 14.6 Å². The van der Waals surface area contributed by atoms with Crippen LogP contribution in [0.5, 0.6) is 11.5 Å². The fourth-order valence-corrected chi connectivity index (χ4v) is 3.15. The number of methoxy groups -OCH3 is 2. The number of ether oxygens (including phenoxy) is 2. The largest absolute Gasteiger partial charge is 0.493 e. The Morgan fingerprint density at radius 1 is 1.32 bits per heavy atom. The van der Waals surface area contributed by atoms with Crippen molar-refractivity contribution in [2.75, 3.05) is 26.1 Å². The van der Waals surface area contributed by atoms with E-state index in [4.69, 9.17) is 9.47 Å². The Bertz CT molecular complexity index is 676. The molecule has 1 heterocycles. The van der Waals surface area contributed by atoms with Gasteiger partial charge < -0.3 is 20.1 Å². The lowest BCUT2D eigenvalue weighted by Gasteiger charge is -2.11. The molecule has 1 aromatic rings. The van der Waals surface area contributed by atoms with Gasteiger partial charge in [0.2, 0.25) is 11.8 Å². The number of carbonyl (C=O) groups is 2. The summed E-state index contributed by atoms with van der Waals surface area (Å²) >= 11 is 1.30. The minimum atomic E-state index is -0.467. The molecule has 136 valence electrons. The van der Waals surface area contributed by atoms with E-state index >= 15 is 0 Å². The predicted molar refractivity (Wildman–Crippen MR) is 99.5 cm³/mol. The summed E-state index contributed by atoms with van der Waals surface area (Å²) < 4.78 is 10.4. The quantitative estimate of drug-likeness (QED) is 0.774. The first-order valence-electron chi connectivity index (χ1n) is 7.96. The Labute approximate surface area is 151 Å². The third-order valence-corrected chi connectivity index (χ3v) is 4.53. The molecule has 1 aliphatic heterocycles. The van der Waals surface area contributed by atoms with E-state index in [0.717, 1.165) is 0 Å². The van der Waals surface area contributed by atoms with Crippen LogP contribution in [-0.2, 0) is 9.59 Å². The van der Waals surface area contributed by atoms with Crippen molar-refractivity contribution in [3.05, 3.63) is 18.2 Å². The molecule has 0 aliphatic carbocycles. The highest BCUT2D eigenvalue weighted by molar-refractivity contribution is 8.15. The third kappa shape index (κ3) is 5.38. The molecule has 0 spiro atoms. The number of anilines is 1. The second-order valence-corrected chi connectivity index (χ2v) is 7.15. The predicted octanol–water partition coefficient (Wildman–Crippen LogP) is 2.28. The zero-order chi connectivity index (χ0) is 18.4. The lowest BCUT2D eigenvalue weighted by molar-refractivity contribution is -0.122. The molecule has 1 aliphatic rings. The van der Waals surface area contributed by atoms with Crippen LogP contribution in [0.4, 0.5) is 5.69 Å². The van der Waals surface area contributed by atoms with Crippen LogP contribution in [0.3, 0.4) is 0 Å². The van der Waals surface area contributed by atoms with Gasteiger partial charge in [-0.2, -0.15) is 0 Å². The van der Waals surface area contributed by atoms with Crippen LogP contribution in [0.25, 0.3) is 0 Å². The van der Waals surface area contributed by atoms with Gasteiger partial charge in [-0.25, -0.2) is 0 Å². The van der Waals surface area contributed by atoms with Crippen molar-refractivity contribution in [1.82, 2.24) is 5.32 Å². The maximum atomic E-state index is 12.2. The van der Waals surface area contributed by atoms with Crippen molar-refractivity contribution < 1.29 is 19.1 Å². The van der Waals surface area contributed by atoms with Crippen molar-refractivity contribution in [3.8, 4) is 11.5 Å². The summed E-state index contributed by atoms with van der Waals surface area (Å²) in [5.41, 5.74) is 0.583. The van der Waals surface area contributed by atoms with Gasteiger partial charge in [-0.15, -0.1) is 0 Å². The minimum Gasteiger partial charge on any atom is -0.493 e. The average Bonchev–Trinajstić information content (AvgIpc) is 2.92. The Morgan fingerprint density at radius 3 is 2.68 bits per heavy atom.